The first-order chi connectivity index (χ1) is 21.0. The molecule has 0 aliphatic carbocycles. The molecule has 1 fully saturated rings. The molecule has 248 valence electrons. The largest absolute Gasteiger partial charge is 0.459 e. The van der Waals surface area contributed by atoms with Crippen LogP contribution in [0.4, 0.5) is 0 Å². The Balaban J connectivity index is 1.91. The van der Waals surface area contributed by atoms with E-state index in [4.69, 9.17) is 23.3 Å². The smallest absolute Gasteiger partial charge is 0.459 e. The molecular formula is C28H39N4O11PS. The average Bonchev–Trinajstić information content (AvgIpc) is 3.24. The minimum Gasteiger partial charge on any atom is -0.459 e. The summed E-state index contributed by atoms with van der Waals surface area (Å²) in [6.45, 7) is 8.83. The summed E-state index contributed by atoms with van der Waals surface area (Å²) in [6, 6.07) is 6.97. The molecule has 1 aromatic carbocycles. The van der Waals surface area contributed by atoms with Crippen LogP contribution >= 0.6 is 20.4 Å². The topological polar surface area (TPSA) is 193 Å². The first-order valence-electron chi connectivity index (χ1n) is 14.1. The Morgan fingerprint density at radius 1 is 1.13 bits per heavy atom. The lowest BCUT2D eigenvalue weighted by Gasteiger charge is -2.27. The van der Waals surface area contributed by atoms with Crippen LogP contribution in [-0.4, -0.2) is 69.6 Å². The molecule has 0 saturated carbocycles. The summed E-state index contributed by atoms with van der Waals surface area (Å²) in [5, 5.41) is 5.03. The van der Waals surface area contributed by atoms with Crippen molar-refractivity contribution in [3.8, 4) is 5.75 Å². The molecule has 2 aromatic rings. The molecule has 0 spiro atoms. The number of rotatable bonds is 13. The zero-order valence-electron chi connectivity index (χ0n) is 25.8. The van der Waals surface area contributed by atoms with Gasteiger partial charge in [0.2, 0.25) is 5.91 Å². The zero-order chi connectivity index (χ0) is 33.5. The summed E-state index contributed by atoms with van der Waals surface area (Å²) in [5.41, 5.74) is -2.22. The van der Waals surface area contributed by atoms with Crippen molar-refractivity contribution in [3.05, 3.63) is 63.4 Å². The van der Waals surface area contributed by atoms with Crippen molar-refractivity contribution in [2.24, 2.45) is 5.92 Å². The molecule has 2 heterocycles. The summed E-state index contributed by atoms with van der Waals surface area (Å²) in [7, 11) is -4.36. The number of amides is 1. The number of aromatic nitrogens is 2. The standard InChI is InChI=1S/C28H39N4O11PS/c1-16-23(41-26(36)20(15-45)29-18(3)33)21(40-24(16)32-13-12-22(34)30-27(32)37)14-39-44(38,43-19-10-8-7-9-11-19)31-17(2)25(35)42-28(4,5)6/h7-13,16-17,20-21,23-24,45H,14-15H2,1-6H3,(H,29,33)(H,31,38)(H,30,34,37)/t16-,17-,20+,21+,23-,24+,44-/m0/s1. The highest BCUT2D eigenvalue weighted by atomic mass is 32.1. The summed E-state index contributed by atoms with van der Waals surface area (Å²) in [5.74, 6) is -2.65. The maximum Gasteiger partial charge on any atom is 0.459 e. The SMILES string of the molecule is CC(=O)N[C@H](CS)C(=O)O[C@H]1[C@H](C)[C@H](n2ccc(=O)[nH]c2=O)O[C@@H]1CO[P@@](=O)(N[C@@H](C)C(=O)OC(C)(C)C)Oc1ccccc1. The number of esters is 2. The molecular weight excluding hydrogens is 631 g/mol. The molecule has 0 radical (unpaired) electrons. The molecule has 17 heteroatoms. The summed E-state index contributed by atoms with van der Waals surface area (Å²) in [4.78, 5) is 63.8. The second kappa shape index (κ2) is 15.2. The Kier molecular flexibility index (Phi) is 12.2. The van der Waals surface area contributed by atoms with E-state index in [0.717, 1.165) is 10.6 Å². The van der Waals surface area contributed by atoms with Crippen molar-refractivity contribution in [1.29, 1.82) is 0 Å². The number of ether oxygens (including phenoxy) is 3. The van der Waals surface area contributed by atoms with Gasteiger partial charge in [0, 0.05) is 30.9 Å². The molecule has 0 bridgehead atoms. The number of nitrogens with zero attached hydrogens (tertiary/aromatic N) is 1. The number of H-pyrrole nitrogens is 1. The van der Waals surface area contributed by atoms with E-state index < -0.39 is 85.5 Å². The Bertz CT molecular complexity index is 1510. The van der Waals surface area contributed by atoms with Crippen LogP contribution in [0.5, 0.6) is 5.75 Å². The summed E-state index contributed by atoms with van der Waals surface area (Å²) < 4.78 is 43.9. The molecule has 1 amide bonds. The van der Waals surface area contributed by atoms with Gasteiger partial charge in [0.15, 0.2) is 0 Å². The first-order valence-corrected chi connectivity index (χ1v) is 16.2. The van der Waals surface area contributed by atoms with Crippen LogP contribution in [0.25, 0.3) is 0 Å². The predicted molar refractivity (Wildman–Crippen MR) is 165 cm³/mol. The highest BCUT2D eigenvalue weighted by Gasteiger charge is 2.48. The fourth-order valence-corrected chi connectivity index (χ4v) is 6.09. The van der Waals surface area contributed by atoms with Crippen LogP contribution in [0.15, 0.2) is 52.2 Å². The third-order valence-electron chi connectivity index (χ3n) is 6.36. The molecule has 15 nitrogen and oxygen atoms in total. The number of benzene rings is 1. The second-order valence-electron chi connectivity index (χ2n) is 11.4. The molecule has 7 atom stereocenters. The van der Waals surface area contributed by atoms with Crippen LogP contribution in [0.2, 0.25) is 0 Å². The van der Waals surface area contributed by atoms with Crippen molar-refractivity contribution in [3.63, 3.8) is 0 Å². The number of hydrogen-bond donors (Lipinski definition) is 4. The van der Waals surface area contributed by atoms with Crippen LogP contribution in [0, 0.1) is 5.92 Å². The third-order valence-corrected chi connectivity index (χ3v) is 8.37. The number of carbonyl (C=O) groups excluding carboxylic acids is 3. The van der Waals surface area contributed by atoms with E-state index in [0.29, 0.717) is 0 Å². The normalized spacial score (nSPS) is 22.5. The summed E-state index contributed by atoms with van der Waals surface area (Å²) in [6.07, 6.45) is -2.08. The van der Waals surface area contributed by atoms with Crippen LogP contribution in [0.3, 0.4) is 0 Å². The van der Waals surface area contributed by atoms with Gasteiger partial charge in [-0.2, -0.15) is 17.7 Å². The minimum atomic E-state index is -4.36. The molecule has 1 aromatic heterocycles. The van der Waals surface area contributed by atoms with E-state index in [1.165, 1.54) is 32.2 Å². The van der Waals surface area contributed by atoms with Crippen LogP contribution in [0.1, 0.15) is 47.8 Å². The van der Waals surface area contributed by atoms with Gasteiger partial charge in [0.1, 0.15) is 41.9 Å². The maximum absolute atomic E-state index is 14.1. The third kappa shape index (κ3) is 10.3. The van der Waals surface area contributed by atoms with Crippen molar-refractivity contribution in [2.75, 3.05) is 12.4 Å². The van der Waals surface area contributed by atoms with E-state index in [1.807, 2.05) is 0 Å². The van der Waals surface area contributed by atoms with Crippen molar-refractivity contribution >= 4 is 38.2 Å². The van der Waals surface area contributed by atoms with Crippen LogP contribution < -0.4 is 26.2 Å². The Labute approximate surface area is 265 Å². The lowest BCUT2D eigenvalue weighted by Crippen LogP contribution is -2.46. The molecule has 1 saturated heterocycles. The zero-order valence-corrected chi connectivity index (χ0v) is 27.5. The van der Waals surface area contributed by atoms with Gasteiger partial charge >= 0.3 is 25.4 Å². The molecule has 3 rings (SSSR count). The van der Waals surface area contributed by atoms with E-state index in [1.54, 1.807) is 45.9 Å². The fourth-order valence-electron chi connectivity index (χ4n) is 4.35. The minimum absolute atomic E-state index is 0.0725. The van der Waals surface area contributed by atoms with Gasteiger partial charge in [-0.3, -0.25) is 28.5 Å². The van der Waals surface area contributed by atoms with E-state index in [2.05, 4.69) is 28.0 Å². The first kappa shape index (κ1) is 36.0. The molecule has 1 aliphatic heterocycles. The quantitative estimate of drug-likeness (QED) is 0.138. The fraction of sp³-hybridized carbons (Fsp3) is 0.536. The van der Waals surface area contributed by atoms with Gasteiger partial charge in [-0.1, -0.05) is 25.1 Å². The highest BCUT2D eigenvalue weighted by molar-refractivity contribution is 7.80. The van der Waals surface area contributed by atoms with Crippen molar-refractivity contribution in [2.45, 2.75) is 77.7 Å². The highest BCUT2D eigenvalue weighted by Crippen LogP contribution is 2.46. The lowest BCUT2D eigenvalue weighted by atomic mass is 10.0. The summed E-state index contributed by atoms with van der Waals surface area (Å²) >= 11 is 4.12. The van der Waals surface area contributed by atoms with E-state index in [9.17, 15) is 28.5 Å². The predicted octanol–water partition coefficient (Wildman–Crippen LogP) is 1.94. The number of aromatic amines is 1. The van der Waals surface area contributed by atoms with Gasteiger partial charge in [-0.15, -0.1) is 0 Å². The van der Waals surface area contributed by atoms with Gasteiger partial charge in [-0.25, -0.2) is 14.2 Å². The van der Waals surface area contributed by atoms with Crippen molar-refractivity contribution in [1.82, 2.24) is 20.0 Å². The second-order valence-corrected chi connectivity index (χ2v) is 13.4. The monoisotopic (exact) mass is 670 g/mol. The molecule has 0 unspecified atom stereocenters. The maximum atomic E-state index is 14.1. The number of para-hydroxylation sites is 1. The Morgan fingerprint density at radius 2 is 1.80 bits per heavy atom. The number of nitrogens with one attached hydrogen (secondary N) is 3. The Morgan fingerprint density at radius 3 is 2.38 bits per heavy atom. The lowest BCUT2D eigenvalue weighted by molar-refractivity contribution is -0.158. The average molecular weight is 671 g/mol. The number of carbonyl (C=O) groups is 3. The molecule has 3 N–H and O–H groups in total. The Hall–Kier alpha value is -3.43. The van der Waals surface area contributed by atoms with Gasteiger partial charge in [-0.05, 0) is 39.8 Å². The van der Waals surface area contributed by atoms with Gasteiger partial charge < -0.3 is 24.1 Å². The molecule has 1 aliphatic rings. The molecule has 45 heavy (non-hydrogen) atoms. The number of thiol groups is 1. The van der Waals surface area contributed by atoms with Gasteiger partial charge in [0.05, 0.1) is 6.61 Å². The number of hydrogen-bond acceptors (Lipinski definition) is 12. The van der Waals surface area contributed by atoms with Gasteiger partial charge in [0.25, 0.3) is 5.56 Å². The van der Waals surface area contributed by atoms with Crippen molar-refractivity contribution < 1.29 is 42.2 Å². The van der Waals surface area contributed by atoms with E-state index >= 15 is 0 Å². The van der Waals surface area contributed by atoms with E-state index in [-0.39, 0.29) is 11.5 Å². The van der Waals surface area contributed by atoms with Crippen LogP contribution in [-0.2, 0) is 37.7 Å².